The highest BCUT2D eigenvalue weighted by molar-refractivity contribution is 5.91. The average molecular weight is 603 g/mol. The summed E-state index contributed by atoms with van der Waals surface area (Å²) >= 11 is 0. The lowest BCUT2D eigenvalue weighted by molar-refractivity contribution is -0.585. The number of aliphatic carboxylic acids is 1. The van der Waals surface area contributed by atoms with Crippen molar-refractivity contribution in [1.82, 2.24) is 0 Å². The van der Waals surface area contributed by atoms with Crippen LogP contribution in [0.4, 0.5) is 13.2 Å². The molecule has 3 aromatic carbocycles. The smallest absolute Gasteiger partial charge is 0.406 e. The van der Waals surface area contributed by atoms with E-state index in [2.05, 4.69) is 0 Å². The molecule has 2 aliphatic rings. The van der Waals surface area contributed by atoms with E-state index in [1.165, 1.54) is 42.5 Å². The van der Waals surface area contributed by atoms with Crippen LogP contribution in [-0.4, -0.2) is 27.7 Å². The number of nitro groups is 1. The molecule has 0 bridgehead atoms. The number of alkyl halides is 3. The Morgan fingerprint density at radius 1 is 0.955 bits per heavy atom. The monoisotopic (exact) mass is 602 g/mol. The van der Waals surface area contributed by atoms with Crippen molar-refractivity contribution in [3.8, 4) is 6.07 Å². The Bertz CT molecular complexity index is 1600. The highest BCUT2D eigenvalue weighted by atomic mass is 19.4. The maximum atomic E-state index is 16.7. The maximum absolute atomic E-state index is 16.7. The minimum atomic E-state index is -5.46. The van der Waals surface area contributed by atoms with Crippen LogP contribution in [0.5, 0.6) is 0 Å². The molecule has 0 aromatic heterocycles. The van der Waals surface area contributed by atoms with Crippen molar-refractivity contribution in [3.05, 3.63) is 123 Å². The molecule has 9 heteroatoms. The van der Waals surface area contributed by atoms with Crippen molar-refractivity contribution < 1.29 is 28.0 Å². The van der Waals surface area contributed by atoms with Crippen LogP contribution in [-0.2, 0) is 10.2 Å². The molecule has 1 N–H and O–H groups in total. The molecule has 3 aromatic rings. The number of benzene rings is 3. The first-order valence-corrected chi connectivity index (χ1v) is 14.7. The highest BCUT2D eigenvalue weighted by Crippen LogP contribution is 2.72. The maximum Gasteiger partial charge on any atom is 0.406 e. The van der Waals surface area contributed by atoms with Crippen LogP contribution >= 0.6 is 0 Å². The first-order chi connectivity index (χ1) is 21.0. The van der Waals surface area contributed by atoms with Crippen LogP contribution in [0, 0.1) is 32.8 Å². The largest absolute Gasteiger partial charge is 0.481 e. The Hall–Kier alpha value is -4.45. The molecule has 0 saturated heterocycles. The van der Waals surface area contributed by atoms with E-state index < -0.39 is 57.3 Å². The van der Waals surface area contributed by atoms with Crippen LogP contribution in [0.1, 0.15) is 68.1 Å². The Kier molecular flexibility index (Phi) is 8.15. The molecule has 5 rings (SSSR count). The number of carbonyl (C=O) groups is 1. The second-order valence-electron chi connectivity index (χ2n) is 12.1. The van der Waals surface area contributed by atoms with Gasteiger partial charge in [0.15, 0.2) is 5.41 Å². The number of hydrogen-bond acceptors (Lipinski definition) is 4. The number of rotatable bonds is 7. The van der Waals surface area contributed by atoms with Gasteiger partial charge >= 0.3 is 12.1 Å². The minimum absolute atomic E-state index is 0.0921. The van der Waals surface area contributed by atoms with Gasteiger partial charge in [-0.15, -0.1) is 0 Å². The summed E-state index contributed by atoms with van der Waals surface area (Å²) in [6, 6.07) is 24.0. The van der Waals surface area contributed by atoms with Crippen LogP contribution in [0.25, 0.3) is 5.57 Å². The molecule has 1 saturated carbocycles. The minimum Gasteiger partial charge on any atom is -0.481 e. The Morgan fingerprint density at radius 3 is 1.95 bits per heavy atom. The summed E-state index contributed by atoms with van der Waals surface area (Å²) in [5.41, 5.74) is -10.6. The standard InChI is InChI=1S/C35H33F3N2O4/c1-32(31(41)42)29(25-16-8-3-9-17-25)28(23-39)30(26-18-10-4-11-19-26)33(40(43)44,22-24-14-6-2-7-15-24)34(32,35(36,37)38)27-20-12-5-13-21-27/h3-5,8-13,16-21,24,29H,2,6-7,14-15,22H2,1H3,(H,41,42). The molecule has 1 fully saturated rings. The fourth-order valence-electron chi connectivity index (χ4n) is 8.32. The van der Waals surface area contributed by atoms with Gasteiger partial charge in [-0.1, -0.05) is 123 Å². The molecular weight excluding hydrogens is 569 g/mol. The fourth-order valence-corrected chi connectivity index (χ4v) is 8.32. The SMILES string of the molecule is CC1(C(=O)O)C(c2ccccc2)C(C#N)=C(c2ccccc2)C(CC2CCCCC2)([N+](=O)[O-])C1(c1ccccc1)C(F)(F)F. The summed E-state index contributed by atoms with van der Waals surface area (Å²) in [5, 5.41) is 35.9. The van der Waals surface area contributed by atoms with Crippen LogP contribution < -0.4 is 0 Å². The quantitative estimate of drug-likeness (QED) is 0.216. The molecule has 0 radical (unpaired) electrons. The lowest BCUT2D eigenvalue weighted by atomic mass is 9.39. The molecule has 44 heavy (non-hydrogen) atoms. The third-order valence-corrected chi connectivity index (χ3v) is 9.96. The number of halogens is 3. The van der Waals surface area contributed by atoms with Gasteiger partial charge in [-0.2, -0.15) is 18.4 Å². The van der Waals surface area contributed by atoms with Crippen molar-refractivity contribution in [1.29, 1.82) is 5.26 Å². The summed E-state index contributed by atoms with van der Waals surface area (Å²) in [6.45, 7) is 0.950. The first-order valence-electron chi connectivity index (χ1n) is 14.7. The summed E-state index contributed by atoms with van der Waals surface area (Å²) in [4.78, 5) is 26.8. The van der Waals surface area contributed by atoms with Gasteiger partial charge in [0.05, 0.1) is 11.6 Å². The fraction of sp³-hybridized carbons (Fsp3) is 0.371. The van der Waals surface area contributed by atoms with Gasteiger partial charge in [-0.05, 0) is 29.5 Å². The van der Waals surface area contributed by atoms with E-state index in [1.807, 2.05) is 6.07 Å². The topological polar surface area (TPSA) is 104 Å². The molecule has 0 aliphatic heterocycles. The van der Waals surface area contributed by atoms with Gasteiger partial charge in [0, 0.05) is 22.8 Å². The van der Waals surface area contributed by atoms with Gasteiger partial charge < -0.3 is 5.11 Å². The van der Waals surface area contributed by atoms with Gasteiger partial charge in [0.2, 0.25) is 0 Å². The second kappa shape index (κ2) is 11.6. The van der Waals surface area contributed by atoms with Crippen LogP contribution in [0.15, 0.2) is 96.6 Å². The zero-order valence-corrected chi connectivity index (χ0v) is 24.3. The predicted octanol–water partition coefficient (Wildman–Crippen LogP) is 8.34. The number of nitrogens with zero attached hydrogens (tertiary/aromatic N) is 2. The van der Waals surface area contributed by atoms with E-state index in [4.69, 9.17) is 0 Å². The van der Waals surface area contributed by atoms with Crippen molar-refractivity contribution in [2.45, 2.75) is 68.5 Å². The third-order valence-electron chi connectivity index (χ3n) is 9.96. The zero-order chi connectivity index (χ0) is 31.8. The van der Waals surface area contributed by atoms with Gasteiger partial charge in [-0.25, -0.2) is 0 Å². The van der Waals surface area contributed by atoms with Crippen LogP contribution in [0.2, 0.25) is 0 Å². The Morgan fingerprint density at radius 2 is 1.48 bits per heavy atom. The molecule has 4 unspecified atom stereocenters. The van der Waals surface area contributed by atoms with Gasteiger partial charge in [0.25, 0.3) is 5.54 Å². The number of carboxylic acids is 1. The summed E-state index contributed by atoms with van der Waals surface area (Å²) in [5.74, 6) is -4.05. The molecule has 0 heterocycles. The van der Waals surface area contributed by atoms with Crippen LogP contribution in [0.3, 0.4) is 0 Å². The summed E-state index contributed by atoms with van der Waals surface area (Å²) < 4.78 is 50.0. The van der Waals surface area contributed by atoms with Crippen molar-refractivity contribution in [3.63, 3.8) is 0 Å². The molecular formula is C35H33F3N2O4. The van der Waals surface area contributed by atoms with E-state index in [0.717, 1.165) is 25.5 Å². The molecule has 0 spiro atoms. The van der Waals surface area contributed by atoms with E-state index in [1.54, 1.807) is 36.4 Å². The van der Waals surface area contributed by atoms with E-state index in [0.29, 0.717) is 25.7 Å². The van der Waals surface area contributed by atoms with Gasteiger partial charge in [-0.3, -0.25) is 14.9 Å². The lowest BCUT2D eigenvalue weighted by Crippen LogP contribution is -2.76. The molecule has 228 valence electrons. The van der Waals surface area contributed by atoms with Gasteiger partial charge in [0.1, 0.15) is 5.41 Å². The average Bonchev–Trinajstić information content (AvgIpc) is 3.01. The number of nitriles is 1. The molecule has 6 nitrogen and oxygen atoms in total. The Labute approximate surface area is 254 Å². The molecule has 0 amide bonds. The van der Waals surface area contributed by atoms with E-state index in [-0.39, 0.29) is 22.3 Å². The van der Waals surface area contributed by atoms with Crippen molar-refractivity contribution in [2.24, 2.45) is 11.3 Å². The summed E-state index contributed by atoms with van der Waals surface area (Å²) in [6.07, 6.45) is -2.85. The number of carboxylic acid groups (broad SMARTS) is 1. The van der Waals surface area contributed by atoms with E-state index in [9.17, 15) is 25.3 Å². The number of allylic oxidation sites excluding steroid dienone is 1. The van der Waals surface area contributed by atoms with Crippen molar-refractivity contribution in [2.75, 3.05) is 0 Å². The third kappa shape index (κ3) is 4.34. The zero-order valence-electron chi connectivity index (χ0n) is 24.3. The Balaban J connectivity index is 2.12. The second-order valence-corrected chi connectivity index (χ2v) is 12.1. The molecule has 4 atom stereocenters. The normalized spacial score (nSPS) is 27.8. The molecule has 2 aliphatic carbocycles. The number of hydrogen-bond donors (Lipinski definition) is 1. The summed E-state index contributed by atoms with van der Waals surface area (Å²) in [7, 11) is 0. The predicted molar refractivity (Wildman–Crippen MR) is 159 cm³/mol. The first kappa shape index (κ1) is 31.0. The van der Waals surface area contributed by atoms with E-state index >= 15 is 13.2 Å². The highest BCUT2D eigenvalue weighted by Gasteiger charge is 2.87. The van der Waals surface area contributed by atoms with Crippen molar-refractivity contribution >= 4 is 11.5 Å². The lowest BCUT2D eigenvalue weighted by Gasteiger charge is -2.59.